The van der Waals surface area contributed by atoms with Crippen molar-refractivity contribution < 1.29 is 26.3 Å². The van der Waals surface area contributed by atoms with Gasteiger partial charge in [0.25, 0.3) is 5.54 Å². The summed E-state index contributed by atoms with van der Waals surface area (Å²) in [6, 6.07) is 13.1. The Hall–Kier alpha value is -2.81. The molecule has 2 aromatic carbocycles. The molecule has 3 aromatic rings. The third kappa shape index (κ3) is 3.62. The van der Waals surface area contributed by atoms with Gasteiger partial charge in [0.2, 0.25) is 0 Å². The highest BCUT2D eigenvalue weighted by molar-refractivity contribution is 5.78. The number of aryl methyl sites for hydroxylation is 2. The van der Waals surface area contributed by atoms with Gasteiger partial charge in [-0.25, -0.2) is 4.98 Å². The summed E-state index contributed by atoms with van der Waals surface area (Å²) in [5, 5.41) is 0. The van der Waals surface area contributed by atoms with Gasteiger partial charge in [-0.3, -0.25) is 0 Å². The fourth-order valence-corrected chi connectivity index (χ4v) is 2.84. The molecule has 1 aromatic heterocycles. The van der Waals surface area contributed by atoms with Crippen molar-refractivity contribution in [2.75, 3.05) is 0 Å². The first kappa shape index (κ1) is 20.9. The minimum Gasteiger partial charge on any atom is -0.339 e. The summed E-state index contributed by atoms with van der Waals surface area (Å²) >= 11 is 0. The summed E-state index contributed by atoms with van der Waals surface area (Å²) in [6.07, 6.45) is -11.6. The third-order valence-electron chi connectivity index (χ3n) is 4.64. The van der Waals surface area contributed by atoms with Gasteiger partial charge in [0.05, 0.1) is 11.4 Å². The van der Waals surface area contributed by atoms with Crippen molar-refractivity contribution in [2.24, 2.45) is 5.73 Å². The molecule has 0 fully saturated rings. The third-order valence-corrected chi connectivity index (χ3v) is 4.64. The van der Waals surface area contributed by atoms with Gasteiger partial charge in [-0.2, -0.15) is 26.3 Å². The first-order valence-electron chi connectivity index (χ1n) is 8.51. The number of hydrogen-bond donors (Lipinski definition) is 2. The average Bonchev–Trinajstić information content (AvgIpc) is 3.06. The highest BCUT2D eigenvalue weighted by Crippen LogP contribution is 2.48. The van der Waals surface area contributed by atoms with Crippen LogP contribution in [0, 0.1) is 13.8 Å². The number of nitrogens with one attached hydrogen (secondary N) is 1. The van der Waals surface area contributed by atoms with Gasteiger partial charge in [-0.05, 0) is 13.8 Å². The van der Waals surface area contributed by atoms with Crippen molar-refractivity contribution in [2.45, 2.75) is 31.7 Å². The molecule has 0 spiro atoms. The summed E-state index contributed by atoms with van der Waals surface area (Å²) in [5.74, 6) is -1.41. The molecule has 154 valence electrons. The molecule has 3 nitrogen and oxygen atoms in total. The van der Waals surface area contributed by atoms with Crippen molar-refractivity contribution in [1.82, 2.24) is 9.97 Å². The van der Waals surface area contributed by atoms with Crippen LogP contribution in [0.15, 0.2) is 48.5 Å². The molecule has 0 unspecified atom stereocenters. The second-order valence-electron chi connectivity index (χ2n) is 6.84. The summed E-state index contributed by atoms with van der Waals surface area (Å²) in [6.45, 7) is 3.61. The van der Waals surface area contributed by atoms with Gasteiger partial charge in [0.15, 0.2) is 0 Å². The maximum absolute atomic E-state index is 13.4. The maximum Gasteiger partial charge on any atom is 0.422 e. The van der Waals surface area contributed by atoms with Crippen molar-refractivity contribution in [1.29, 1.82) is 0 Å². The molecule has 29 heavy (non-hydrogen) atoms. The summed E-state index contributed by atoms with van der Waals surface area (Å²) < 4.78 is 80.6. The molecule has 0 radical (unpaired) electrons. The molecule has 9 heteroatoms. The van der Waals surface area contributed by atoms with Crippen LogP contribution in [-0.2, 0) is 5.54 Å². The lowest BCUT2D eigenvalue weighted by molar-refractivity contribution is -0.304. The van der Waals surface area contributed by atoms with Gasteiger partial charge in [0.1, 0.15) is 5.82 Å². The quantitative estimate of drug-likeness (QED) is 0.546. The molecular weight excluding hydrogens is 396 g/mol. The van der Waals surface area contributed by atoms with Gasteiger partial charge in [-0.15, -0.1) is 0 Å². The molecule has 0 saturated carbocycles. The number of H-pyrrole nitrogens is 1. The highest BCUT2D eigenvalue weighted by atomic mass is 19.4. The van der Waals surface area contributed by atoms with Crippen LogP contribution < -0.4 is 5.73 Å². The van der Waals surface area contributed by atoms with Crippen molar-refractivity contribution >= 4 is 0 Å². The smallest absolute Gasteiger partial charge is 0.339 e. The number of benzene rings is 2. The number of alkyl halides is 6. The maximum atomic E-state index is 13.4. The van der Waals surface area contributed by atoms with Crippen LogP contribution in [0.25, 0.3) is 22.5 Å². The number of halogens is 6. The van der Waals surface area contributed by atoms with E-state index in [1.807, 2.05) is 0 Å². The molecule has 0 amide bonds. The largest absolute Gasteiger partial charge is 0.422 e. The summed E-state index contributed by atoms with van der Waals surface area (Å²) in [7, 11) is 0. The van der Waals surface area contributed by atoms with Crippen molar-refractivity contribution in [3.63, 3.8) is 0 Å². The molecule has 3 rings (SSSR count). The molecule has 0 atom stereocenters. The Morgan fingerprint density at radius 3 is 1.55 bits per heavy atom. The van der Waals surface area contributed by atoms with E-state index in [1.165, 1.54) is 0 Å². The number of nitrogens with two attached hydrogens (primary N) is 1. The second kappa shape index (κ2) is 6.91. The fourth-order valence-electron chi connectivity index (χ4n) is 2.84. The van der Waals surface area contributed by atoms with E-state index in [4.69, 9.17) is 5.73 Å². The van der Waals surface area contributed by atoms with Gasteiger partial charge >= 0.3 is 12.4 Å². The minimum absolute atomic E-state index is 0.0205. The number of nitrogens with zero attached hydrogens (tertiary/aromatic N) is 1. The van der Waals surface area contributed by atoms with E-state index in [2.05, 4.69) is 9.97 Å². The SMILES string of the molecule is Cc1ccc(-c2nc(C(N)(C(F)(F)F)C(F)(F)F)[nH]c2-c2ccc(C)cc2)cc1. The fraction of sp³-hybridized carbons (Fsp3) is 0.250. The highest BCUT2D eigenvalue weighted by Gasteiger charge is 2.71. The molecule has 0 saturated heterocycles. The van der Waals surface area contributed by atoms with Crippen LogP contribution in [0.2, 0.25) is 0 Å². The minimum atomic E-state index is -5.81. The monoisotopic (exact) mass is 413 g/mol. The predicted molar refractivity (Wildman–Crippen MR) is 96.9 cm³/mol. The van der Waals surface area contributed by atoms with Gasteiger partial charge in [-0.1, -0.05) is 59.7 Å². The lowest BCUT2D eigenvalue weighted by Crippen LogP contribution is -2.61. The van der Waals surface area contributed by atoms with Gasteiger partial charge in [0, 0.05) is 11.1 Å². The Morgan fingerprint density at radius 2 is 1.14 bits per heavy atom. The summed E-state index contributed by atoms with van der Waals surface area (Å²) in [4.78, 5) is 5.90. The molecule has 0 bridgehead atoms. The van der Waals surface area contributed by atoms with E-state index in [0.717, 1.165) is 11.1 Å². The van der Waals surface area contributed by atoms with Crippen LogP contribution in [0.1, 0.15) is 17.0 Å². The van der Waals surface area contributed by atoms with E-state index < -0.39 is 23.7 Å². The Morgan fingerprint density at radius 1 is 0.724 bits per heavy atom. The Bertz CT molecular complexity index is 922. The average molecular weight is 413 g/mol. The topological polar surface area (TPSA) is 54.7 Å². The number of aromatic nitrogens is 2. The molecule has 0 aliphatic heterocycles. The molecule has 0 aliphatic rings. The first-order valence-corrected chi connectivity index (χ1v) is 8.51. The second-order valence-corrected chi connectivity index (χ2v) is 6.84. The lowest BCUT2D eigenvalue weighted by Gasteiger charge is -2.31. The molecular formula is C20H17F6N3. The molecule has 1 heterocycles. The van der Waals surface area contributed by atoms with Crippen molar-refractivity contribution in [3.05, 3.63) is 65.5 Å². The zero-order valence-corrected chi connectivity index (χ0v) is 15.4. The van der Waals surface area contributed by atoms with Crippen LogP contribution in [0.4, 0.5) is 26.3 Å². The Labute approximate surface area is 162 Å². The summed E-state index contributed by atoms with van der Waals surface area (Å²) in [5.41, 5.74) is 2.75. The van der Waals surface area contributed by atoms with E-state index in [-0.39, 0.29) is 11.4 Å². The van der Waals surface area contributed by atoms with Gasteiger partial charge < -0.3 is 10.7 Å². The number of hydrogen-bond acceptors (Lipinski definition) is 2. The van der Waals surface area contributed by atoms with E-state index in [0.29, 0.717) is 11.1 Å². The zero-order chi connectivity index (χ0) is 21.6. The lowest BCUT2D eigenvalue weighted by atomic mass is 9.98. The predicted octanol–water partition coefficient (Wildman–Crippen LogP) is 5.64. The van der Waals surface area contributed by atoms with Crippen LogP contribution >= 0.6 is 0 Å². The molecule has 3 N–H and O–H groups in total. The zero-order valence-electron chi connectivity index (χ0n) is 15.4. The number of rotatable bonds is 3. The first-order chi connectivity index (χ1) is 13.3. The normalized spacial score (nSPS) is 13.0. The number of aromatic amines is 1. The Balaban J connectivity index is 2.29. The van der Waals surface area contributed by atoms with E-state index >= 15 is 0 Å². The van der Waals surface area contributed by atoms with Crippen LogP contribution in [-0.4, -0.2) is 22.3 Å². The number of imidazole rings is 1. The van der Waals surface area contributed by atoms with Crippen molar-refractivity contribution in [3.8, 4) is 22.5 Å². The standard InChI is InChI=1S/C20H17F6N3/c1-11-3-7-13(8-4-11)15-16(14-9-5-12(2)6-10-14)29-17(28-15)18(27,19(21,22)23)20(24,25)26/h3-10H,27H2,1-2H3,(H,28,29). The Kier molecular flexibility index (Phi) is 4.98. The van der Waals surface area contributed by atoms with E-state index in [1.54, 1.807) is 62.4 Å². The molecule has 0 aliphatic carbocycles. The van der Waals surface area contributed by atoms with Crippen LogP contribution in [0.5, 0.6) is 0 Å². The van der Waals surface area contributed by atoms with Crippen LogP contribution in [0.3, 0.4) is 0 Å². The van der Waals surface area contributed by atoms with E-state index in [9.17, 15) is 26.3 Å².